The molecule has 2 N–H and O–H groups in total. The summed E-state index contributed by atoms with van der Waals surface area (Å²) in [5.41, 5.74) is 0.279. The minimum Gasteiger partial charge on any atom is -0.357 e. The Morgan fingerprint density at radius 3 is 2.39 bits per heavy atom. The lowest BCUT2D eigenvalue weighted by molar-refractivity contribution is 0.0173. The third kappa shape index (κ3) is 5.71. The van der Waals surface area contributed by atoms with Gasteiger partial charge in [-0.25, -0.2) is 4.99 Å². The van der Waals surface area contributed by atoms with Gasteiger partial charge in [0.1, 0.15) is 0 Å². The van der Waals surface area contributed by atoms with E-state index in [0.29, 0.717) is 0 Å². The van der Waals surface area contributed by atoms with Gasteiger partial charge in [0.25, 0.3) is 0 Å². The minimum atomic E-state index is 0.279. The van der Waals surface area contributed by atoms with Crippen LogP contribution in [0.3, 0.4) is 0 Å². The van der Waals surface area contributed by atoms with E-state index in [1.54, 1.807) is 0 Å². The van der Waals surface area contributed by atoms with Gasteiger partial charge in [-0.3, -0.25) is 4.90 Å². The van der Waals surface area contributed by atoms with E-state index in [1.165, 1.54) is 68.0 Å². The Morgan fingerprint density at radius 2 is 1.75 bits per heavy atom. The highest BCUT2D eigenvalue weighted by Crippen LogP contribution is 2.30. The third-order valence-corrected chi connectivity index (χ3v) is 7.55. The molecule has 0 aromatic carbocycles. The summed E-state index contributed by atoms with van der Waals surface area (Å²) < 4.78 is 0. The molecular formula is C22H39N5S. The lowest BCUT2D eigenvalue weighted by Crippen LogP contribution is -2.62. The molecule has 3 heterocycles. The smallest absolute Gasteiger partial charge is 0.191 e. The highest BCUT2D eigenvalue weighted by Gasteiger charge is 2.39. The summed E-state index contributed by atoms with van der Waals surface area (Å²) in [6, 6.07) is 4.46. The zero-order valence-corrected chi connectivity index (χ0v) is 18.9. The number of nitrogens with one attached hydrogen (secondary N) is 2. The summed E-state index contributed by atoms with van der Waals surface area (Å²) in [5.74, 6) is 0.962. The van der Waals surface area contributed by atoms with Crippen LogP contribution in [-0.4, -0.2) is 67.6 Å². The summed E-state index contributed by atoms with van der Waals surface area (Å²) in [7, 11) is 2.25. The first-order valence-electron chi connectivity index (χ1n) is 11.2. The fourth-order valence-electron chi connectivity index (χ4n) is 4.45. The van der Waals surface area contributed by atoms with Crippen LogP contribution in [0.5, 0.6) is 0 Å². The van der Waals surface area contributed by atoms with Gasteiger partial charge in [0.2, 0.25) is 0 Å². The molecule has 2 aliphatic rings. The standard InChI is InChI=1S/C22H39N5S/c1-4-19-9-10-20(28-19)17-24-21(23-5-2)25-18-22(11-15-26(3)16-12-22)27-13-7-6-8-14-27/h9-10H,4-8,11-18H2,1-3H3,(H2,23,24,25). The van der Waals surface area contributed by atoms with Gasteiger partial charge >= 0.3 is 0 Å². The van der Waals surface area contributed by atoms with Crippen LogP contribution in [0.1, 0.15) is 55.7 Å². The van der Waals surface area contributed by atoms with Crippen molar-refractivity contribution in [3.8, 4) is 0 Å². The van der Waals surface area contributed by atoms with Crippen molar-refractivity contribution in [1.29, 1.82) is 0 Å². The monoisotopic (exact) mass is 405 g/mol. The van der Waals surface area contributed by atoms with Crippen LogP contribution >= 0.6 is 11.3 Å². The number of rotatable bonds is 7. The van der Waals surface area contributed by atoms with E-state index in [9.17, 15) is 0 Å². The van der Waals surface area contributed by atoms with E-state index in [-0.39, 0.29) is 5.54 Å². The van der Waals surface area contributed by atoms with Gasteiger partial charge in [0, 0.05) is 28.4 Å². The molecule has 2 aliphatic heterocycles. The fraction of sp³-hybridized carbons (Fsp3) is 0.773. The summed E-state index contributed by atoms with van der Waals surface area (Å²) in [4.78, 5) is 12.9. The van der Waals surface area contributed by atoms with Crippen LogP contribution < -0.4 is 10.6 Å². The maximum atomic E-state index is 4.88. The van der Waals surface area contributed by atoms with Crippen molar-refractivity contribution in [2.75, 3.05) is 46.3 Å². The number of guanidine groups is 1. The van der Waals surface area contributed by atoms with Crippen LogP contribution in [0.15, 0.2) is 17.1 Å². The molecule has 6 heteroatoms. The van der Waals surface area contributed by atoms with Gasteiger partial charge in [0.05, 0.1) is 6.54 Å². The predicted molar refractivity (Wildman–Crippen MR) is 121 cm³/mol. The zero-order chi connectivity index (χ0) is 19.8. The fourth-order valence-corrected chi connectivity index (χ4v) is 5.33. The van der Waals surface area contributed by atoms with E-state index in [0.717, 1.165) is 32.0 Å². The number of aryl methyl sites for hydroxylation is 1. The number of nitrogens with zero attached hydrogens (tertiary/aromatic N) is 3. The third-order valence-electron chi connectivity index (χ3n) is 6.33. The average Bonchev–Trinajstić information content (AvgIpc) is 3.20. The lowest BCUT2D eigenvalue weighted by Gasteiger charge is -2.50. The molecule has 0 unspecified atom stereocenters. The van der Waals surface area contributed by atoms with Crippen LogP contribution in [0.2, 0.25) is 0 Å². The first-order chi connectivity index (χ1) is 13.6. The van der Waals surface area contributed by atoms with E-state index in [4.69, 9.17) is 4.99 Å². The molecule has 5 nitrogen and oxygen atoms in total. The van der Waals surface area contributed by atoms with Crippen molar-refractivity contribution >= 4 is 17.3 Å². The molecule has 2 saturated heterocycles. The second kappa shape index (κ2) is 10.6. The SMILES string of the molecule is CCNC(=NCc1ccc(CC)s1)NCC1(N2CCCCC2)CCN(C)CC1. The molecule has 2 fully saturated rings. The van der Waals surface area contributed by atoms with E-state index in [2.05, 4.69) is 53.5 Å². The normalized spacial score (nSPS) is 21.6. The molecular weight excluding hydrogens is 366 g/mol. The van der Waals surface area contributed by atoms with Crippen molar-refractivity contribution in [2.45, 2.75) is 64.5 Å². The maximum absolute atomic E-state index is 4.88. The Kier molecular flexibility index (Phi) is 8.18. The first kappa shape index (κ1) is 21.6. The Labute approximate surface area is 175 Å². The van der Waals surface area contributed by atoms with Crippen molar-refractivity contribution in [3.63, 3.8) is 0 Å². The molecule has 0 radical (unpaired) electrons. The molecule has 0 bridgehead atoms. The largest absolute Gasteiger partial charge is 0.357 e. The van der Waals surface area contributed by atoms with E-state index in [1.807, 2.05) is 11.3 Å². The molecule has 0 saturated carbocycles. The molecule has 1 aromatic heterocycles. The van der Waals surface area contributed by atoms with E-state index >= 15 is 0 Å². The number of hydrogen-bond donors (Lipinski definition) is 2. The van der Waals surface area contributed by atoms with Crippen LogP contribution in [0.25, 0.3) is 0 Å². The van der Waals surface area contributed by atoms with Gasteiger partial charge in [-0.1, -0.05) is 13.3 Å². The Hall–Kier alpha value is -1.11. The van der Waals surface area contributed by atoms with Crippen molar-refractivity contribution in [2.24, 2.45) is 4.99 Å². The summed E-state index contributed by atoms with van der Waals surface area (Å²) in [5, 5.41) is 7.17. The summed E-state index contributed by atoms with van der Waals surface area (Å²) in [6.07, 6.45) is 7.71. The molecule has 0 amide bonds. The number of aliphatic imine (C=N–C) groups is 1. The summed E-state index contributed by atoms with van der Waals surface area (Å²) >= 11 is 1.88. The molecule has 0 aliphatic carbocycles. The van der Waals surface area contributed by atoms with Gasteiger partial charge in [-0.2, -0.15) is 0 Å². The van der Waals surface area contributed by atoms with Crippen LogP contribution in [0, 0.1) is 0 Å². The number of likely N-dealkylation sites (tertiary alicyclic amines) is 2. The average molecular weight is 406 g/mol. The number of thiophene rings is 1. The number of piperidine rings is 2. The lowest BCUT2D eigenvalue weighted by atomic mass is 9.84. The Bertz CT molecular complexity index is 612. The molecule has 28 heavy (non-hydrogen) atoms. The quantitative estimate of drug-likeness (QED) is 0.539. The van der Waals surface area contributed by atoms with Crippen molar-refractivity contribution in [3.05, 3.63) is 21.9 Å². The van der Waals surface area contributed by atoms with Gasteiger partial charge in [0.15, 0.2) is 5.96 Å². The second-order valence-corrected chi connectivity index (χ2v) is 9.60. The highest BCUT2D eigenvalue weighted by atomic mass is 32.1. The Morgan fingerprint density at radius 1 is 1.04 bits per heavy atom. The molecule has 3 rings (SSSR count). The zero-order valence-electron chi connectivity index (χ0n) is 18.1. The van der Waals surface area contributed by atoms with Crippen molar-refractivity contribution < 1.29 is 0 Å². The minimum absolute atomic E-state index is 0.279. The number of hydrogen-bond acceptors (Lipinski definition) is 4. The predicted octanol–water partition coefficient (Wildman–Crippen LogP) is 3.32. The molecule has 0 spiro atoms. The maximum Gasteiger partial charge on any atom is 0.191 e. The molecule has 158 valence electrons. The highest BCUT2D eigenvalue weighted by molar-refractivity contribution is 7.11. The topological polar surface area (TPSA) is 42.9 Å². The Balaban J connectivity index is 1.65. The second-order valence-electron chi connectivity index (χ2n) is 8.35. The summed E-state index contributed by atoms with van der Waals surface area (Å²) in [6.45, 7) is 11.9. The molecule has 1 aromatic rings. The van der Waals surface area contributed by atoms with Gasteiger partial charge in [-0.15, -0.1) is 11.3 Å². The van der Waals surface area contributed by atoms with Gasteiger partial charge in [-0.05, 0) is 84.4 Å². The molecule has 0 atom stereocenters. The van der Waals surface area contributed by atoms with Crippen LogP contribution in [-0.2, 0) is 13.0 Å². The van der Waals surface area contributed by atoms with Crippen LogP contribution in [0.4, 0.5) is 0 Å². The van der Waals surface area contributed by atoms with Gasteiger partial charge < -0.3 is 15.5 Å². The first-order valence-corrected chi connectivity index (χ1v) is 12.0. The van der Waals surface area contributed by atoms with E-state index < -0.39 is 0 Å². The van der Waals surface area contributed by atoms with Crippen molar-refractivity contribution in [1.82, 2.24) is 20.4 Å².